The zero-order chi connectivity index (χ0) is 15.6. The smallest absolute Gasteiger partial charge is 0.338 e. The molecular formula is C15H20F2N2O2. The van der Waals surface area contributed by atoms with E-state index in [9.17, 15) is 13.6 Å². The van der Waals surface area contributed by atoms with Gasteiger partial charge in [-0.25, -0.2) is 13.6 Å². The molecule has 4 nitrogen and oxygen atoms in total. The van der Waals surface area contributed by atoms with Crippen LogP contribution in [0, 0.1) is 11.6 Å². The lowest BCUT2D eigenvalue weighted by Gasteiger charge is -2.32. The summed E-state index contributed by atoms with van der Waals surface area (Å²) in [5.41, 5.74) is -0.476. The number of benzene rings is 1. The molecule has 1 aromatic rings. The number of carboxylic acid groups (broad SMARTS) is 1. The van der Waals surface area contributed by atoms with Crippen LogP contribution in [-0.4, -0.2) is 48.7 Å². The third kappa shape index (κ3) is 3.15. The fourth-order valence-corrected chi connectivity index (χ4v) is 2.84. The van der Waals surface area contributed by atoms with Crippen molar-refractivity contribution in [3.05, 3.63) is 29.3 Å². The Kier molecular flexibility index (Phi) is 4.77. The van der Waals surface area contributed by atoms with Crippen molar-refractivity contribution in [1.29, 1.82) is 0 Å². The number of nitrogens with zero attached hydrogens (tertiary/aromatic N) is 2. The molecule has 21 heavy (non-hydrogen) atoms. The van der Waals surface area contributed by atoms with Crippen molar-refractivity contribution in [3.8, 4) is 0 Å². The number of halogens is 2. The fourth-order valence-electron chi connectivity index (χ4n) is 2.84. The van der Waals surface area contributed by atoms with Gasteiger partial charge in [0.05, 0.1) is 11.3 Å². The van der Waals surface area contributed by atoms with Gasteiger partial charge in [0, 0.05) is 19.1 Å². The molecule has 2 rings (SSSR count). The Morgan fingerprint density at radius 3 is 2.67 bits per heavy atom. The summed E-state index contributed by atoms with van der Waals surface area (Å²) in [5.74, 6) is -3.81. The largest absolute Gasteiger partial charge is 0.478 e. The van der Waals surface area contributed by atoms with Crippen LogP contribution >= 0.6 is 0 Å². The third-order valence-electron chi connectivity index (χ3n) is 3.98. The van der Waals surface area contributed by atoms with Gasteiger partial charge in [-0.3, -0.25) is 0 Å². The van der Waals surface area contributed by atoms with Gasteiger partial charge in [0.25, 0.3) is 0 Å². The van der Waals surface area contributed by atoms with Gasteiger partial charge >= 0.3 is 5.97 Å². The molecule has 1 aromatic carbocycles. The van der Waals surface area contributed by atoms with E-state index in [1.807, 2.05) is 18.9 Å². The zero-order valence-electron chi connectivity index (χ0n) is 12.3. The first-order chi connectivity index (χ1) is 9.95. The van der Waals surface area contributed by atoms with Crippen LogP contribution in [0.1, 0.15) is 30.1 Å². The zero-order valence-corrected chi connectivity index (χ0v) is 12.3. The number of hydrogen-bond donors (Lipinski definition) is 1. The predicted molar refractivity (Wildman–Crippen MR) is 76.9 cm³/mol. The highest BCUT2D eigenvalue weighted by atomic mass is 19.2. The Bertz CT molecular complexity index is 537. The molecule has 6 heteroatoms. The lowest BCUT2D eigenvalue weighted by Crippen LogP contribution is -2.40. The highest BCUT2D eigenvalue weighted by Gasteiger charge is 2.27. The minimum atomic E-state index is -1.46. The van der Waals surface area contributed by atoms with E-state index in [0.29, 0.717) is 6.54 Å². The van der Waals surface area contributed by atoms with Gasteiger partial charge in [-0.1, -0.05) is 6.92 Å². The molecule has 0 aliphatic carbocycles. The molecule has 1 atom stereocenters. The molecule has 1 N–H and O–H groups in total. The van der Waals surface area contributed by atoms with Crippen LogP contribution in [0.3, 0.4) is 0 Å². The van der Waals surface area contributed by atoms with E-state index in [-0.39, 0.29) is 11.7 Å². The molecule has 1 saturated heterocycles. The number of aromatic carboxylic acids is 1. The maximum absolute atomic E-state index is 14.3. The Morgan fingerprint density at radius 1 is 1.33 bits per heavy atom. The summed E-state index contributed by atoms with van der Waals surface area (Å²) in [7, 11) is 2.01. The molecule has 0 aromatic heterocycles. The Labute approximate surface area is 123 Å². The van der Waals surface area contributed by atoms with E-state index < -0.39 is 23.2 Å². The molecule has 0 bridgehead atoms. The molecule has 0 radical (unpaired) electrons. The number of rotatable bonds is 3. The van der Waals surface area contributed by atoms with E-state index in [1.165, 1.54) is 6.07 Å². The predicted octanol–water partition coefficient (Wildman–Crippen LogP) is 2.58. The van der Waals surface area contributed by atoms with E-state index in [0.717, 1.165) is 32.0 Å². The normalized spacial score (nSPS) is 20.4. The molecule has 0 spiro atoms. The highest BCUT2D eigenvalue weighted by molar-refractivity contribution is 5.88. The van der Waals surface area contributed by atoms with Crippen LogP contribution in [0.4, 0.5) is 14.5 Å². The summed E-state index contributed by atoms with van der Waals surface area (Å²) >= 11 is 0. The lowest BCUT2D eigenvalue weighted by atomic mass is 10.1. The maximum atomic E-state index is 14.3. The number of carboxylic acids is 1. The fraction of sp³-hybridized carbons (Fsp3) is 0.533. The average molecular weight is 298 g/mol. The number of hydrogen-bond acceptors (Lipinski definition) is 3. The van der Waals surface area contributed by atoms with Crippen molar-refractivity contribution in [2.45, 2.75) is 25.8 Å². The summed E-state index contributed by atoms with van der Waals surface area (Å²) in [4.78, 5) is 14.9. The van der Waals surface area contributed by atoms with Crippen LogP contribution in [0.5, 0.6) is 0 Å². The topological polar surface area (TPSA) is 43.8 Å². The third-order valence-corrected chi connectivity index (χ3v) is 3.98. The van der Waals surface area contributed by atoms with Gasteiger partial charge in [-0.05, 0) is 38.6 Å². The van der Waals surface area contributed by atoms with Crippen molar-refractivity contribution in [2.24, 2.45) is 0 Å². The van der Waals surface area contributed by atoms with Gasteiger partial charge in [0.2, 0.25) is 0 Å². The van der Waals surface area contributed by atoms with Gasteiger partial charge in [-0.15, -0.1) is 0 Å². The van der Waals surface area contributed by atoms with Crippen molar-refractivity contribution >= 4 is 11.7 Å². The van der Waals surface area contributed by atoms with Gasteiger partial charge in [-0.2, -0.15) is 0 Å². The van der Waals surface area contributed by atoms with E-state index in [2.05, 4.69) is 4.90 Å². The quantitative estimate of drug-likeness (QED) is 0.931. The van der Waals surface area contributed by atoms with Crippen molar-refractivity contribution in [3.63, 3.8) is 0 Å². The summed E-state index contributed by atoms with van der Waals surface area (Å²) in [6.45, 7) is 4.32. The van der Waals surface area contributed by atoms with Crippen LogP contribution < -0.4 is 4.90 Å². The highest BCUT2D eigenvalue weighted by Crippen LogP contribution is 2.28. The Hall–Kier alpha value is -1.69. The Balaban J connectivity index is 2.40. The van der Waals surface area contributed by atoms with Crippen molar-refractivity contribution < 1.29 is 18.7 Å². The minimum Gasteiger partial charge on any atom is -0.478 e. The van der Waals surface area contributed by atoms with E-state index >= 15 is 0 Å². The molecule has 1 aliphatic rings. The Morgan fingerprint density at radius 2 is 2.05 bits per heavy atom. The van der Waals surface area contributed by atoms with Crippen LogP contribution in [0.2, 0.25) is 0 Å². The first-order valence-corrected chi connectivity index (χ1v) is 7.12. The molecule has 0 saturated carbocycles. The lowest BCUT2D eigenvalue weighted by molar-refractivity contribution is 0.0690. The van der Waals surface area contributed by atoms with Gasteiger partial charge < -0.3 is 14.9 Å². The van der Waals surface area contributed by atoms with Crippen molar-refractivity contribution in [1.82, 2.24) is 4.90 Å². The second kappa shape index (κ2) is 6.39. The minimum absolute atomic E-state index is 0.0853. The van der Waals surface area contributed by atoms with E-state index in [1.54, 1.807) is 0 Å². The molecule has 1 heterocycles. The molecule has 1 unspecified atom stereocenters. The SMILES string of the molecule is CCC1CN(C)CCCN1c1ccc(C(=O)O)c(F)c1F. The van der Waals surface area contributed by atoms with Crippen LogP contribution in [-0.2, 0) is 0 Å². The van der Waals surface area contributed by atoms with E-state index in [4.69, 9.17) is 5.11 Å². The summed E-state index contributed by atoms with van der Waals surface area (Å²) in [6.07, 6.45) is 1.67. The number of anilines is 1. The second-order valence-corrected chi connectivity index (χ2v) is 5.44. The van der Waals surface area contributed by atoms with Gasteiger partial charge in [0.15, 0.2) is 11.6 Å². The molecule has 0 amide bonds. The first-order valence-electron chi connectivity index (χ1n) is 7.12. The number of carbonyl (C=O) groups is 1. The van der Waals surface area contributed by atoms with Crippen LogP contribution in [0.15, 0.2) is 12.1 Å². The molecule has 1 fully saturated rings. The monoisotopic (exact) mass is 298 g/mol. The standard InChI is InChI=1S/C15H20F2N2O2/c1-3-10-9-18(2)7-4-8-19(10)12-6-5-11(15(20)21)13(16)14(12)17/h5-6,10H,3-4,7-9H2,1-2H3,(H,20,21). The van der Waals surface area contributed by atoms with Crippen LogP contribution in [0.25, 0.3) is 0 Å². The summed E-state index contributed by atoms with van der Waals surface area (Å²) < 4.78 is 28.1. The molecule has 1 aliphatic heterocycles. The number of likely N-dealkylation sites (N-methyl/N-ethyl adjacent to an activating group) is 1. The second-order valence-electron chi connectivity index (χ2n) is 5.44. The average Bonchev–Trinajstić information content (AvgIpc) is 2.62. The first kappa shape index (κ1) is 15.7. The van der Waals surface area contributed by atoms with Gasteiger partial charge in [0.1, 0.15) is 0 Å². The summed E-state index contributed by atoms with van der Waals surface area (Å²) in [6, 6.07) is 2.59. The molecule has 116 valence electrons. The maximum Gasteiger partial charge on any atom is 0.338 e. The van der Waals surface area contributed by atoms with Crippen molar-refractivity contribution in [2.75, 3.05) is 31.6 Å². The summed E-state index contributed by atoms with van der Waals surface area (Å²) in [5, 5.41) is 8.84. The molecular weight excluding hydrogens is 278 g/mol.